The maximum absolute atomic E-state index is 11.3. The second-order valence-electron chi connectivity index (χ2n) is 5.43. The Bertz CT molecular complexity index is 392. The number of Topliss-reactive ketones (excluding diaryl/α,β-unsaturated/α-hetero) is 1. The molecule has 0 aliphatic rings. The number of hydrogen-bond acceptors (Lipinski definition) is 2. The third kappa shape index (κ3) is 3.88. The Morgan fingerprint density at radius 1 is 1.29 bits per heavy atom. The lowest BCUT2D eigenvalue weighted by molar-refractivity contribution is -0.118. The van der Waals surface area contributed by atoms with Crippen molar-refractivity contribution in [1.29, 1.82) is 0 Å². The lowest BCUT2D eigenvalue weighted by Gasteiger charge is -2.27. The molecule has 0 radical (unpaired) electrons. The van der Waals surface area contributed by atoms with Gasteiger partial charge in [0.1, 0.15) is 11.5 Å². The molecule has 0 amide bonds. The molecule has 1 aromatic rings. The average molecular weight is 234 g/mol. The number of hydrogen-bond donors (Lipinski definition) is 0. The van der Waals surface area contributed by atoms with Gasteiger partial charge < -0.3 is 4.74 Å². The highest BCUT2D eigenvalue weighted by Crippen LogP contribution is 2.34. The standard InChI is InChI=1S/C15H22O2/c1-11(2)17-14-9-7-6-8-13(14)15(4,5)10-12(3)16/h6-9,11H,10H2,1-5H3. The summed E-state index contributed by atoms with van der Waals surface area (Å²) < 4.78 is 5.80. The van der Waals surface area contributed by atoms with Gasteiger partial charge in [-0.3, -0.25) is 4.79 Å². The Balaban J connectivity index is 3.07. The number of para-hydroxylation sites is 1. The maximum atomic E-state index is 11.3. The Morgan fingerprint density at radius 2 is 1.88 bits per heavy atom. The zero-order chi connectivity index (χ0) is 13.1. The molecule has 0 fully saturated rings. The summed E-state index contributed by atoms with van der Waals surface area (Å²) in [4.78, 5) is 11.3. The quantitative estimate of drug-likeness (QED) is 0.776. The molecule has 0 heterocycles. The van der Waals surface area contributed by atoms with Crippen LogP contribution in [0.2, 0.25) is 0 Å². The van der Waals surface area contributed by atoms with E-state index in [9.17, 15) is 4.79 Å². The molecule has 94 valence electrons. The van der Waals surface area contributed by atoms with Gasteiger partial charge in [-0.25, -0.2) is 0 Å². The monoisotopic (exact) mass is 234 g/mol. The van der Waals surface area contributed by atoms with Crippen LogP contribution in [-0.2, 0) is 10.2 Å². The first-order valence-corrected chi connectivity index (χ1v) is 6.08. The van der Waals surface area contributed by atoms with E-state index in [1.54, 1.807) is 6.92 Å². The summed E-state index contributed by atoms with van der Waals surface area (Å²) in [5.41, 5.74) is 0.918. The molecule has 0 bridgehead atoms. The molecule has 0 N–H and O–H groups in total. The smallest absolute Gasteiger partial charge is 0.130 e. The van der Waals surface area contributed by atoms with E-state index in [2.05, 4.69) is 13.8 Å². The van der Waals surface area contributed by atoms with Gasteiger partial charge in [0.2, 0.25) is 0 Å². The maximum Gasteiger partial charge on any atom is 0.130 e. The fourth-order valence-corrected chi connectivity index (χ4v) is 2.10. The zero-order valence-electron chi connectivity index (χ0n) is 11.4. The Morgan fingerprint density at radius 3 is 2.41 bits per heavy atom. The van der Waals surface area contributed by atoms with Crippen LogP contribution < -0.4 is 4.74 Å². The number of carbonyl (C=O) groups excluding carboxylic acids is 1. The highest BCUT2D eigenvalue weighted by molar-refractivity contribution is 5.77. The minimum Gasteiger partial charge on any atom is -0.491 e. The summed E-state index contributed by atoms with van der Waals surface area (Å²) in [5, 5.41) is 0. The number of ether oxygens (including phenoxy) is 1. The average Bonchev–Trinajstić information content (AvgIpc) is 2.15. The van der Waals surface area contributed by atoms with Gasteiger partial charge in [0.25, 0.3) is 0 Å². The first-order valence-electron chi connectivity index (χ1n) is 6.08. The molecular weight excluding hydrogens is 212 g/mol. The molecule has 0 aromatic heterocycles. The van der Waals surface area contributed by atoms with E-state index >= 15 is 0 Å². The molecule has 17 heavy (non-hydrogen) atoms. The summed E-state index contributed by atoms with van der Waals surface area (Å²) in [6, 6.07) is 7.97. The van der Waals surface area contributed by atoms with Crippen molar-refractivity contribution in [2.45, 2.75) is 52.6 Å². The van der Waals surface area contributed by atoms with E-state index in [0.29, 0.717) is 6.42 Å². The van der Waals surface area contributed by atoms with Gasteiger partial charge in [-0.15, -0.1) is 0 Å². The minimum atomic E-state index is -0.183. The Labute approximate surface area is 104 Å². The third-order valence-corrected chi connectivity index (χ3v) is 2.67. The van der Waals surface area contributed by atoms with Crippen molar-refractivity contribution in [3.8, 4) is 5.75 Å². The van der Waals surface area contributed by atoms with E-state index in [4.69, 9.17) is 4.74 Å². The van der Waals surface area contributed by atoms with Gasteiger partial charge in [0.05, 0.1) is 6.10 Å². The number of carbonyl (C=O) groups is 1. The lowest BCUT2D eigenvalue weighted by Crippen LogP contribution is -2.22. The van der Waals surface area contributed by atoms with Crippen molar-refractivity contribution in [3.63, 3.8) is 0 Å². The van der Waals surface area contributed by atoms with Gasteiger partial charge in [-0.05, 0) is 26.8 Å². The molecule has 1 aromatic carbocycles. The van der Waals surface area contributed by atoms with Crippen molar-refractivity contribution in [1.82, 2.24) is 0 Å². The van der Waals surface area contributed by atoms with Gasteiger partial charge in [0.15, 0.2) is 0 Å². The van der Waals surface area contributed by atoms with E-state index in [1.807, 2.05) is 38.1 Å². The summed E-state index contributed by atoms with van der Waals surface area (Å²) >= 11 is 0. The van der Waals surface area contributed by atoms with Crippen LogP contribution in [0.1, 0.15) is 46.6 Å². The van der Waals surface area contributed by atoms with Crippen molar-refractivity contribution >= 4 is 5.78 Å². The molecule has 1 rings (SSSR count). The normalized spacial score (nSPS) is 11.6. The first-order chi connectivity index (χ1) is 7.83. The highest BCUT2D eigenvalue weighted by atomic mass is 16.5. The summed E-state index contributed by atoms with van der Waals surface area (Å²) in [6.45, 7) is 9.81. The van der Waals surface area contributed by atoms with E-state index in [0.717, 1.165) is 11.3 Å². The fourth-order valence-electron chi connectivity index (χ4n) is 2.10. The number of ketones is 1. The zero-order valence-corrected chi connectivity index (χ0v) is 11.4. The van der Waals surface area contributed by atoms with E-state index < -0.39 is 0 Å². The van der Waals surface area contributed by atoms with Crippen LogP contribution in [0, 0.1) is 0 Å². The molecule has 0 aliphatic carbocycles. The van der Waals surface area contributed by atoms with Crippen LogP contribution in [0.5, 0.6) is 5.75 Å². The van der Waals surface area contributed by atoms with Crippen LogP contribution >= 0.6 is 0 Å². The molecule has 0 atom stereocenters. The predicted molar refractivity (Wildman–Crippen MR) is 70.5 cm³/mol. The lowest BCUT2D eigenvalue weighted by atomic mass is 9.80. The first kappa shape index (κ1) is 13.8. The van der Waals surface area contributed by atoms with Crippen molar-refractivity contribution in [2.24, 2.45) is 0 Å². The minimum absolute atomic E-state index is 0.143. The van der Waals surface area contributed by atoms with Gasteiger partial charge in [-0.1, -0.05) is 32.0 Å². The van der Waals surface area contributed by atoms with Gasteiger partial charge in [-0.2, -0.15) is 0 Å². The molecule has 0 saturated carbocycles. The third-order valence-electron chi connectivity index (χ3n) is 2.67. The van der Waals surface area contributed by atoms with Crippen molar-refractivity contribution < 1.29 is 9.53 Å². The van der Waals surface area contributed by atoms with Crippen LogP contribution in [0.4, 0.5) is 0 Å². The van der Waals surface area contributed by atoms with Crippen LogP contribution in [0.15, 0.2) is 24.3 Å². The van der Waals surface area contributed by atoms with Crippen molar-refractivity contribution in [2.75, 3.05) is 0 Å². The summed E-state index contributed by atoms with van der Waals surface area (Å²) in [5.74, 6) is 1.09. The number of rotatable bonds is 5. The molecule has 2 nitrogen and oxygen atoms in total. The van der Waals surface area contributed by atoms with Crippen LogP contribution in [-0.4, -0.2) is 11.9 Å². The molecule has 0 spiro atoms. The number of benzene rings is 1. The second kappa shape index (κ2) is 5.35. The Kier molecular flexibility index (Phi) is 4.33. The largest absolute Gasteiger partial charge is 0.491 e. The molecule has 0 unspecified atom stereocenters. The van der Waals surface area contributed by atoms with Crippen LogP contribution in [0.25, 0.3) is 0 Å². The van der Waals surface area contributed by atoms with Crippen LogP contribution in [0.3, 0.4) is 0 Å². The van der Waals surface area contributed by atoms with E-state index in [-0.39, 0.29) is 17.3 Å². The Hall–Kier alpha value is -1.31. The second-order valence-corrected chi connectivity index (χ2v) is 5.43. The van der Waals surface area contributed by atoms with E-state index in [1.165, 1.54) is 0 Å². The predicted octanol–water partition coefficient (Wildman–Crippen LogP) is 3.73. The highest BCUT2D eigenvalue weighted by Gasteiger charge is 2.26. The van der Waals surface area contributed by atoms with Gasteiger partial charge in [0, 0.05) is 17.4 Å². The molecule has 0 saturated heterocycles. The molecular formula is C15H22O2. The molecule has 2 heteroatoms. The summed E-state index contributed by atoms with van der Waals surface area (Å²) in [6.07, 6.45) is 0.676. The van der Waals surface area contributed by atoms with Gasteiger partial charge >= 0.3 is 0 Å². The fraction of sp³-hybridized carbons (Fsp3) is 0.533. The summed E-state index contributed by atoms with van der Waals surface area (Å²) in [7, 11) is 0. The SMILES string of the molecule is CC(=O)CC(C)(C)c1ccccc1OC(C)C. The topological polar surface area (TPSA) is 26.3 Å². The van der Waals surface area contributed by atoms with Crippen molar-refractivity contribution in [3.05, 3.63) is 29.8 Å². The molecule has 0 aliphatic heterocycles.